The van der Waals surface area contributed by atoms with E-state index in [0.717, 1.165) is 50.7 Å². The Balaban J connectivity index is 0.000000236. The average Bonchev–Trinajstić information content (AvgIpc) is 4.21. The van der Waals surface area contributed by atoms with Gasteiger partial charge in [0.1, 0.15) is 28.3 Å². The lowest BCUT2D eigenvalue weighted by molar-refractivity contribution is 0.0684. The predicted molar refractivity (Wildman–Crippen MR) is 300 cm³/mol. The van der Waals surface area contributed by atoms with Gasteiger partial charge < -0.3 is 76.8 Å². The highest BCUT2D eigenvalue weighted by atomic mass is 35.5. The molecule has 9 rings (SSSR count). The van der Waals surface area contributed by atoms with Gasteiger partial charge in [-0.15, -0.1) is 24.8 Å². The van der Waals surface area contributed by atoms with Crippen LogP contribution in [-0.4, -0.2) is 126 Å². The highest BCUT2D eigenvalue weighted by Crippen LogP contribution is 2.40. The monoisotopic (exact) mass is 1170 g/mol. The van der Waals surface area contributed by atoms with E-state index in [1.807, 2.05) is 4.57 Å². The van der Waals surface area contributed by atoms with Crippen LogP contribution in [0.3, 0.4) is 0 Å². The summed E-state index contributed by atoms with van der Waals surface area (Å²) in [7, 11) is 0. The summed E-state index contributed by atoms with van der Waals surface area (Å²) in [6.45, 7) is 5.91. The Hall–Kier alpha value is -5.96. The molecular formula is C51H63Cl4F2N9O12. The third kappa shape index (κ3) is 16.8. The summed E-state index contributed by atoms with van der Waals surface area (Å²) in [5.74, 6) is -5.16. The number of rotatable bonds is 22. The van der Waals surface area contributed by atoms with Crippen LogP contribution in [0.1, 0.15) is 87.7 Å². The van der Waals surface area contributed by atoms with Crippen molar-refractivity contribution in [2.45, 2.75) is 56.7 Å². The first kappa shape index (κ1) is 64.6. The van der Waals surface area contributed by atoms with Crippen molar-refractivity contribution in [1.29, 1.82) is 0 Å². The zero-order valence-electron chi connectivity index (χ0n) is 42.2. The van der Waals surface area contributed by atoms with Gasteiger partial charge in [0.15, 0.2) is 0 Å². The van der Waals surface area contributed by atoms with E-state index in [9.17, 15) is 47.8 Å². The maximum absolute atomic E-state index is 14.3. The first-order valence-electron chi connectivity index (χ1n) is 24.5. The van der Waals surface area contributed by atoms with Gasteiger partial charge in [0.25, 0.3) is 0 Å². The molecule has 426 valence electrons. The summed E-state index contributed by atoms with van der Waals surface area (Å²) in [5, 5.41) is 34.5. The Kier molecular flexibility index (Phi) is 25.2. The van der Waals surface area contributed by atoms with E-state index in [1.54, 1.807) is 27.3 Å². The molecule has 13 N–H and O–H groups in total. The molecule has 0 aliphatic heterocycles. The Morgan fingerprint density at radius 1 is 0.500 bits per heavy atom. The molecule has 78 heavy (non-hydrogen) atoms. The van der Waals surface area contributed by atoms with Gasteiger partial charge in [0, 0.05) is 92.1 Å². The number of aromatic nitrogens is 3. The molecule has 0 bridgehead atoms. The number of fused-ring (bicyclic) bond motifs is 3. The Morgan fingerprint density at radius 3 is 1.18 bits per heavy atom. The molecule has 3 aliphatic carbocycles. The van der Waals surface area contributed by atoms with Crippen LogP contribution in [0.25, 0.3) is 32.7 Å². The molecule has 21 nitrogen and oxygen atoms in total. The molecule has 3 aromatic heterocycles. The fourth-order valence-electron chi connectivity index (χ4n) is 7.93. The van der Waals surface area contributed by atoms with Crippen LogP contribution in [0, 0.1) is 11.6 Å². The fraction of sp³-hybridized carbons (Fsp3) is 0.412. The Morgan fingerprint density at radius 2 is 0.821 bits per heavy atom. The van der Waals surface area contributed by atoms with Crippen LogP contribution in [0.4, 0.5) is 20.2 Å². The Labute approximate surface area is 467 Å². The van der Waals surface area contributed by atoms with Gasteiger partial charge in [-0.2, -0.15) is 0 Å². The molecule has 27 heteroatoms. The molecule has 3 heterocycles. The lowest BCUT2D eigenvalue weighted by Gasteiger charge is -2.15. The first-order valence-corrected chi connectivity index (χ1v) is 25.2. The lowest BCUT2D eigenvalue weighted by Crippen LogP contribution is -2.19. The van der Waals surface area contributed by atoms with Gasteiger partial charge in [-0.25, -0.2) is 23.2 Å². The second-order valence-electron chi connectivity index (χ2n) is 17.8. The highest BCUT2D eigenvalue weighted by molar-refractivity contribution is 6.34. The van der Waals surface area contributed by atoms with Gasteiger partial charge in [-0.1, -0.05) is 23.2 Å². The molecule has 3 aromatic carbocycles. The number of benzene rings is 3. The molecule has 3 aliphatic rings. The number of carbonyl (C=O) groups is 3. The van der Waals surface area contributed by atoms with Crippen molar-refractivity contribution in [3.63, 3.8) is 0 Å². The van der Waals surface area contributed by atoms with E-state index in [-0.39, 0.29) is 81.1 Å². The fourth-order valence-corrected chi connectivity index (χ4v) is 8.31. The average molecular weight is 1170 g/mol. The maximum Gasteiger partial charge on any atom is 0.341 e. The number of hydrogen-bond donors (Lipinski definition) is 9. The van der Waals surface area contributed by atoms with Crippen molar-refractivity contribution in [3.8, 4) is 0 Å². The number of nitrogens with two attached hydrogens (primary N) is 4. The Bertz CT molecular complexity index is 3260. The molecule has 0 unspecified atom stereocenters. The zero-order valence-corrected chi connectivity index (χ0v) is 45.3. The van der Waals surface area contributed by atoms with Crippen LogP contribution in [-0.2, 0) is 14.2 Å². The molecule has 3 fully saturated rings. The standard InChI is InChI=1S/C17H20ClN3O4.C17H20FN3O4.C13H9ClFNO3.C4H12N2O.2ClH/c18-13-8-15-11(7-14(13)20-4-6-25-5-3-19)16(22)12(17(23)24)9-21(15)10-1-2-10;18-13-7-11-15(8-14(13)20-4-6-25-5-3-19)21(10-1-2-10)9-12(16(11)22)17(23)24;14-9-4-11-7(3-10(9)15)12(17)8(13(18)19)5-16(11)6-1-2-6;5-1-3-7-4-2-6;;/h2*7-10,20H,1-6,19H2,(H,23,24);3-6H,1-2H2,(H,18,19);1-6H2;2*1H. The van der Waals surface area contributed by atoms with E-state index < -0.39 is 45.8 Å². The van der Waals surface area contributed by atoms with E-state index in [4.69, 9.17) is 65.5 Å². The van der Waals surface area contributed by atoms with Gasteiger partial charge in [0.05, 0.1) is 77.6 Å². The van der Waals surface area contributed by atoms with E-state index >= 15 is 0 Å². The summed E-state index contributed by atoms with van der Waals surface area (Å²) < 4.78 is 48.5. The molecule has 3 saturated carbocycles. The largest absolute Gasteiger partial charge is 0.477 e. The van der Waals surface area contributed by atoms with E-state index in [2.05, 4.69) is 10.6 Å². The summed E-state index contributed by atoms with van der Waals surface area (Å²) in [4.78, 5) is 70.7. The SMILES string of the molecule is Cl.Cl.NCCOCCN.NCCOCCNc1cc2c(=O)c(C(=O)O)cn(C3CC3)c2cc1Cl.NCCOCCNc1cc2c(cc1F)c(=O)c(C(=O)O)cn2C1CC1.O=C(O)c1cn(C2CC2)c2cc(Cl)c(F)cc2c1=O. The second-order valence-corrected chi connectivity index (χ2v) is 18.6. The third-order valence-electron chi connectivity index (χ3n) is 12.0. The number of ether oxygens (including phenoxy) is 3. The molecule has 6 aromatic rings. The molecule has 0 saturated heterocycles. The number of nitrogens with zero attached hydrogens (tertiary/aromatic N) is 3. The minimum absolute atomic E-state index is 0. The van der Waals surface area contributed by atoms with Crippen LogP contribution < -0.4 is 49.9 Å². The van der Waals surface area contributed by atoms with Crippen LogP contribution in [0.5, 0.6) is 0 Å². The van der Waals surface area contributed by atoms with Gasteiger partial charge in [-0.3, -0.25) is 14.4 Å². The van der Waals surface area contributed by atoms with Gasteiger partial charge >= 0.3 is 17.9 Å². The highest BCUT2D eigenvalue weighted by Gasteiger charge is 2.30. The van der Waals surface area contributed by atoms with Gasteiger partial charge in [0.2, 0.25) is 16.3 Å². The van der Waals surface area contributed by atoms with E-state index in [1.165, 1.54) is 24.7 Å². The number of halogens is 6. The normalized spacial score (nSPS) is 13.4. The van der Waals surface area contributed by atoms with Crippen molar-refractivity contribution in [3.05, 3.63) is 124 Å². The first-order chi connectivity index (χ1) is 36.4. The minimum Gasteiger partial charge on any atom is -0.477 e. The second kappa shape index (κ2) is 30.4. The molecule has 0 radical (unpaired) electrons. The third-order valence-corrected chi connectivity index (χ3v) is 12.6. The summed E-state index contributed by atoms with van der Waals surface area (Å²) in [5.41, 5.74) is 20.6. The van der Waals surface area contributed by atoms with Crippen molar-refractivity contribution in [2.24, 2.45) is 22.9 Å². The summed E-state index contributed by atoms with van der Waals surface area (Å²) in [6.07, 6.45) is 9.66. The molecule has 0 amide bonds. The zero-order chi connectivity index (χ0) is 55.2. The van der Waals surface area contributed by atoms with Crippen molar-refractivity contribution >= 4 is 110 Å². The predicted octanol–water partition coefficient (Wildman–Crippen LogP) is 6.23. The van der Waals surface area contributed by atoms with Crippen molar-refractivity contribution in [1.82, 2.24) is 13.7 Å². The maximum atomic E-state index is 14.3. The summed E-state index contributed by atoms with van der Waals surface area (Å²) in [6, 6.07) is 8.89. The number of nitrogens with one attached hydrogen (secondary N) is 2. The summed E-state index contributed by atoms with van der Waals surface area (Å²) >= 11 is 12.1. The van der Waals surface area contributed by atoms with Crippen LogP contribution in [0.2, 0.25) is 10.0 Å². The van der Waals surface area contributed by atoms with Gasteiger partial charge in [-0.05, 0) is 74.9 Å². The van der Waals surface area contributed by atoms with Crippen LogP contribution in [0.15, 0.2) is 69.4 Å². The number of hydrogen-bond acceptors (Lipinski definition) is 15. The smallest absolute Gasteiger partial charge is 0.341 e. The van der Waals surface area contributed by atoms with Crippen LogP contribution >= 0.6 is 48.0 Å². The number of carboxylic acid groups (broad SMARTS) is 3. The molecular weight excluding hydrogens is 1110 g/mol. The minimum atomic E-state index is -1.31. The van der Waals surface area contributed by atoms with Crippen molar-refractivity contribution < 1.29 is 52.7 Å². The molecule has 0 spiro atoms. The topological polar surface area (TPSA) is 334 Å². The van der Waals surface area contributed by atoms with Crippen molar-refractivity contribution in [2.75, 3.05) is 89.5 Å². The number of aromatic carboxylic acids is 3. The lowest BCUT2D eigenvalue weighted by atomic mass is 10.1. The number of carboxylic acids is 3. The quantitative estimate of drug-likeness (QED) is 0.0340. The molecule has 0 atom stereocenters. The van der Waals surface area contributed by atoms with E-state index in [0.29, 0.717) is 112 Å². The number of pyridine rings is 3. The number of anilines is 2.